The average molecular weight is 227 g/mol. The van der Waals surface area contributed by atoms with Gasteiger partial charge in [-0.05, 0) is 30.3 Å². The molecule has 0 spiro atoms. The van der Waals surface area contributed by atoms with Crippen LogP contribution in [0.5, 0.6) is 0 Å². The Kier molecular flexibility index (Phi) is 3.27. The van der Waals surface area contributed by atoms with Gasteiger partial charge in [0.15, 0.2) is 5.69 Å². The number of carbonyl (C=O) groups is 1. The highest BCUT2D eigenvalue weighted by atomic mass is 32.1. The first-order valence-electron chi connectivity index (χ1n) is 4.98. The minimum atomic E-state index is -0.0378. The van der Waals surface area contributed by atoms with Crippen molar-refractivity contribution in [2.75, 3.05) is 19.7 Å². The lowest BCUT2D eigenvalue weighted by molar-refractivity contribution is 0.0779. The van der Waals surface area contributed by atoms with E-state index < -0.39 is 0 Å². The highest BCUT2D eigenvalue weighted by Gasteiger charge is 2.27. The Bertz CT molecular complexity index is 328. The first-order chi connectivity index (χ1) is 7.31. The number of hydrogen-bond donors (Lipinski definition) is 1. The summed E-state index contributed by atoms with van der Waals surface area (Å²) in [5, 5.41) is 14.2. The second-order valence-corrected chi connectivity index (χ2v) is 4.32. The molecule has 0 aliphatic carbocycles. The highest BCUT2D eigenvalue weighted by molar-refractivity contribution is 7.03. The Labute approximate surface area is 91.9 Å². The van der Waals surface area contributed by atoms with E-state index in [4.69, 9.17) is 5.11 Å². The molecule has 2 heterocycles. The van der Waals surface area contributed by atoms with Gasteiger partial charge in [0, 0.05) is 25.1 Å². The molecule has 0 saturated carbocycles. The van der Waals surface area contributed by atoms with E-state index in [-0.39, 0.29) is 12.5 Å². The van der Waals surface area contributed by atoms with E-state index in [9.17, 15) is 4.79 Å². The van der Waals surface area contributed by atoms with Crippen molar-refractivity contribution in [2.24, 2.45) is 5.92 Å². The average Bonchev–Trinajstić information content (AvgIpc) is 2.87. The van der Waals surface area contributed by atoms with Crippen LogP contribution in [0.2, 0.25) is 0 Å². The Morgan fingerprint density at radius 2 is 2.60 bits per heavy atom. The third kappa shape index (κ3) is 2.32. The van der Waals surface area contributed by atoms with E-state index >= 15 is 0 Å². The molecule has 1 aromatic heterocycles. The minimum Gasteiger partial charge on any atom is -0.396 e. The number of aromatic nitrogens is 2. The molecule has 1 N–H and O–H groups in total. The van der Waals surface area contributed by atoms with Crippen molar-refractivity contribution in [3.8, 4) is 0 Å². The molecule has 2 rings (SSSR count). The molecule has 1 unspecified atom stereocenters. The van der Waals surface area contributed by atoms with Gasteiger partial charge in [-0.15, -0.1) is 5.10 Å². The second kappa shape index (κ2) is 4.67. The van der Waals surface area contributed by atoms with Crippen LogP contribution < -0.4 is 0 Å². The van der Waals surface area contributed by atoms with Gasteiger partial charge in [0.25, 0.3) is 5.91 Å². The van der Waals surface area contributed by atoms with Gasteiger partial charge in [-0.3, -0.25) is 4.79 Å². The van der Waals surface area contributed by atoms with Crippen molar-refractivity contribution >= 4 is 17.4 Å². The number of likely N-dealkylation sites (tertiary alicyclic amines) is 1. The summed E-state index contributed by atoms with van der Waals surface area (Å²) in [5.41, 5.74) is 0.435. The van der Waals surface area contributed by atoms with E-state index in [1.165, 1.54) is 11.5 Å². The van der Waals surface area contributed by atoms with Crippen molar-refractivity contribution < 1.29 is 9.90 Å². The first-order valence-corrected chi connectivity index (χ1v) is 5.82. The molecule has 1 aliphatic heterocycles. The molecule has 5 nitrogen and oxygen atoms in total. The molecule has 0 aromatic carbocycles. The maximum absolute atomic E-state index is 11.8. The molecule has 1 amide bonds. The standard InChI is InChI=1S/C9H13N3O2S/c13-4-2-7-1-3-12(5-7)9(14)8-6-15-11-10-8/h6-7,13H,1-5H2. The van der Waals surface area contributed by atoms with Crippen LogP contribution in [0, 0.1) is 5.92 Å². The van der Waals surface area contributed by atoms with Crippen molar-refractivity contribution in [2.45, 2.75) is 12.8 Å². The SMILES string of the molecule is O=C(c1csnn1)N1CCC(CCO)C1. The summed E-state index contributed by atoms with van der Waals surface area (Å²) in [6.45, 7) is 1.70. The number of amides is 1. The first kappa shape index (κ1) is 10.5. The molecule has 1 saturated heterocycles. The van der Waals surface area contributed by atoms with Gasteiger partial charge in [0.2, 0.25) is 0 Å². The largest absolute Gasteiger partial charge is 0.396 e. The van der Waals surface area contributed by atoms with E-state index in [0.29, 0.717) is 11.6 Å². The fraction of sp³-hybridized carbons (Fsp3) is 0.667. The fourth-order valence-electron chi connectivity index (χ4n) is 1.86. The number of rotatable bonds is 3. The zero-order valence-electron chi connectivity index (χ0n) is 8.30. The Hall–Kier alpha value is -1.01. The maximum Gasteiger partial charge on any atom is 0.275 e. The number of carbonyl (C=O) groups excluding carboxylic acids is 1. The molecule has 6 heteroatoms. The van der Waals surface area contributed by atoms with Crippen molar-refractivity contribution in [1.29, 1.82) is 0 Å². The van der Waals surface area contributed by atoms with Crippen molar-refractivity contribution in [1.82, 2.24) is 14.5 Å². The zero-order valence-corrected chi connectivity index (χ0v) is 9.11. The topological polar surface area (TPSA) is 66.3 Å². The molecule has 0 radical (unpaired) electrons. The van der Waals surface area contributed by atoms with Crippen molar-refractivity contribution in [3.63, 3.8) is 0 Å². The summed E-state index contributed by atoms with van der Waals surface area (Å²) in [5.74, 6) is 0.398. The number of hydrogen-bond acceptors (Lipinski definition) is 5. The summed E-state index contributed by atoms with van der Waals surface area (Å²) >= 11 is 1.19. The number of nitrogens with zero attached hydrogens (tertiary/aromatic N) is 3. The van der Waals surface area contributed by atoms with Gasteiger partial charge >= 0.3 is 0 Å². The van der Waals surface area contributed by atoms with Crippen LogP contribution in [-0.2, 0) is 0 Å². The van der Waals surface area contributed by atoms with Crippen LogP contribution in [0.25, 0.3) is 0 Å². The van der Waals surface area contributed by atoms with Gasteiger partial charge in [-0.1, -0.05) is 4.49 Å². The number of aliphatic hydroxyl groups is 1. The van der Waals surface area contributed by atoms with Crippen LogP contribution in [0.1, 0.15) is 23.3 Å². The molecule has 1 aromatic rings. The summed E-state index contributed by atoms with van der Waals surface area (Å²) < 4.78 is 3.67. The van der Waals surface area contributed by atoms with Crippen LogP contribution >= 0.6 is 11.5 Å². The summed E-state index contributed by atoms with van der Waals surface area (Å²) in [6, 6.07) is 0. The lowest BCUT2D eigenvalue weighted by Crippen LogP contribution is -2.29. The molecule has 0 bridgehead atoms. The predicted molar refractivity (Wildman–Crippen MR) is 55.6 cm³/mol. The maximum atomic E-state index is 11.8. The van der Waals surface area contributed by atoms with Crippen LogP contribution in [0.15, 0.2) is 5.38 Å². The summed E-state index contributed by atoms with van der Waals surface area (Å²) in [6.07, 6.45) is 1.75. The normalized spacial score (nSPS) is 20.9. The molecule has 82 valence electrons. The lowest BCUT2D eigenvalue weighted by Gasteiger charge is -2.14. The lowest BCUT2D eigenvalue weighted by atomic mass is 10.1. The van der Waals surface area contributed by atoms with Gasteiger partial charge in [0.05, 0.1) is 0 Å². The molecule has 15 heavy (non-hydrogen) atoms. The van der Waals surface area contributed by atoms with Crippen LogP contribution in [0.4, 0.5) is 0 Å². The van der Waals surface area contributed by atoms with Gasteiger partial charge in [-0.25, -0.2) is 0 Å². The number of aliphatic hydroxyl groups excluding tert-OH is 1. The predicted octanol–water partition coefficient (Wildman–Crippen LogP) is 0.383. The molecule has 1 atom stereocenters. The Balaban J connectivity index is 1.93. The Morgan fingerprint density at radius 3 is 3.27 bits per heavy atom. The van der Waals surface area contributed by atoms with Crippen molar-refractivity contribution in [3.05, 3.63) is 11.1 Å². The molecule has 1 aliphatic rings. The smallest absolute Gasteiger partial charge is 0.275 e. The highest BCUT2D eigenvalue weighted by Crippen LogP contribution is 2.20. The van der Waals surface area contributed by atoms with Gasteiger partial charge < -0.3 is 10.0 Å². The molecule has 1 fully saturated rings. The molecular formula is C9H13N3O2S. The second-order valence-electron chi connectivity index (χ2n) is 3.71. The summed E-state index contributed by atoms with van der Waals surface area (Å²) in [7, 11) is 0. The quantitative estimate of drug-likeness (QED) is 0.810. The molecular weight excluding hydrogens is 214 g/mol. The minimum absolute atomic E-state index is 0.0378. The van der Waals surface area contributed by atoms with E-state index in [0.717, 1.165) is 25.9 Å². The zero-order chi connectivity index (χ0) is 10.7. The van der Waals surface area contributed by atoms with E-state index in [1.807, 2.05) is 0 Å². The van der Waals surface area contributed by atoms with Crippen LogP contribution in [-0.4, -0.2) is 45.2 Å². The summed E-state index contributed by atoms with van der Waals surface area (Å²) in [4.78, 5) is 13.6. The van der Waals surface area contributed by atoms with E-state index in [2.05, 4.69) is 9.59 Å². The fourth-order valence-corrected chi connectivity index (χ4v) is 2.29. The third-order valence-corrected chi connectivity index (χ3v) is 3.19. The third-order valence-electron chi connectivity index (χ3n) is 2.69. The van der Waals surface area contributed by atoms with Gasteiger partial charge in [-0.2, -0.15) is 0 Å². The van der Waals surface area contributed by atoms with E-state index in [1.54, 1.807) is 10.3 Å². The Morgan fingerprint density at radius 1 is 1.73 bits per heavy atom. The van der Waals surface area contributed by atoms with Gasteiger partial charge in [0.1, 0.15) is 0 Å². The van der Waals surface area contributed by atoms with Crippen LogP contribution in [0.3, 0.4) is 0 Å². The monoisotopic (exact) mass is 227 g/mol.